The highest BCUT2D eigenvalue weighted by molar-refractivity contribution is 5.79. The fourth-order valence-corrected chi connectivity index (χ4v) is 2.34. The van der Waals surface area contributed by atoms with Crippen LogP contribution >= 0.6 is 0 Å². The molecule has 2 heterocycles. The van der Waals surface area contributed by atoms with Crippen molar-refractivity contribution in [2.45, 2.75) is 25.4 Å². The first kappa shape index (κ1) is 11.0. The average Bonchev–Trinajstić information content (AvgIpc) is 2.86. The van der Waals surface area contributed by atoms with Gasteiger partial charge in [0.25, 0.3) is 0 Å². The van der Waals surface area contributed by atoms with E-state index in [0.29, 0.717) is 29.9 Å². The topological polar surface area (TPSA) is 72.9 Å². The molecular weight excluding hydrogens is 235 g/mol. The number of nitrogens with zero attached hydrogens (tertiary/aromatic N) is 2. The summed E-state index contributed by atoms with van der Waals surface area (Å²) in [5.74, 6) is 0.0741. The van der Waals surface area contributed by atoms with Crippen LogP contribution in [0.5, 0.6) is 0 Å². The summed E-state index contributed by atoms with van der Waals surface area (Å²) in [5.41, 5.74) is 7.16. The van der Waals surface area contributed by atoms with Crippen LogP contribution in [-0.2, 0) is 11.3 Å². The molecule has 0 radical (unpaired) electrons. The van der Waals surface area contributed by atoms with Gasteiger partial charge in [-0.05, 0) is 24.6 Å². The third-order valence-electron chi connectivity index (χ3n) is 3.23. The van der Waals surface area contributed by atoms with Crippen LogP contribution in [0, 0.1) is 5.82 Å². The van der Waals surface area contributed by atoms with E-state index in [2.05, 4.69) is 10.3 Å². The molecule has 0 aliphatic carbocycles. The molecule has 1 unspecified atom stereocenters. The number of amides is 1. The number of hydrogen-bond donors (Lipinski definition) is 2. The molecule has 94 valence electrons. The Morgan fingerprint density at radius 2 is 2.39 bits per heavy atom. The minimum Gasteiger partial charge on any atom is -0.369 e. The summed E-state index contributed by atoms with van der Waals surface area (Å²) in [4.78, 5) is 15.3. The third kappa shape index (κ3) is 1.79. The van der Waals surface area contributed by atoms with Gasteiger partial charge < -0.3 is 15.6 Å². The number of carbonyl (C=O) groups excluding carboxylic acids is 1. The zero-order valence-electron chi connectivity index (χ0n) is 9.69. The van der Waals surface area contributed by atoms with Gasteiger partial charge in [0.15, 0.2) is 0 Å². The molecule has 3 rings (SSSR count). The van der Waals surface area contributed by atoms with E-state index < -0.39 is 0 Å². The van der Waals surface area contributed by atoms with Gasteiger partial charge in [0, 0.05) is 19.0 Å². The zero-order chi connectivity index (χ0) is 12.7. The maximum Gasteiger partial charge on any atom is 0.220 e. The van der Waals surface area contributed by atoms with Crippen LogP contribution < -0.4 is 11.1 Å². The molecule has 18 heavy (non-hydrogen) atoms. The fourth-order valence-electron chi connectivity index (χ4n) is 2.34. The molecule has 5 nitrogen and oxygen atoms in total. The van der Waals surface area contributed by atoms with Crippen LogP contribution in [0.25, 0.3) is 11.0 Å². The number of fused-ring (bicyclic) bond motifs is 1. The Labute approximate surface area is 103 Å². The molecule has 1 aliphatic rings. The second-order valence-corrected chi connectivity index (χ2v) is 4.52. The molecular formula is C12H13FN4O. The first-order valence-corrected chi connectivity index (χ1v) is 5.84. The molecule has 0 saturated carbocycles. The number of nitrogen functional groups attached to an aromatic ring is 1. The second-order valence-electron chi connectivity index (χ2n) is 4.52. The third-order valence-corrected chi connectivity index (χ3v) is 3.23. The molecule has 1 fully saturated rings. The molecule has 0 bridgehead atoms. The van der Waals surface area contributed by atoms with Gasteiger partial charge in [-0.25, -0.2) is 9.37 Å². The molecule has 6 heteroatoms. The van der Waals surface area contributed by atoms with E-state index in [1.165, 1.54) is 12.1 Å². The number of halogens is 1. The quantitative estimate of drug-likeness (QED) is 0.833. The highest BCUT2D eigenvalue weighted by Crippen LogP contribution is 2.21. The number of imidazole rings is 1. The minimum atomic E-state index is -0.320. The van der Waals surface area contributed by atoms with Gasteiger partial charge in [0.05, 0.1) is 11.0 Å². The maximum absolute atomic E-state index is 13.2. The maximum atomic E-state index is 13.2. The Morgan fingerprint density at radius 3 is 3.11 bits per heavy atom. The Kier molecular flexibility index (Phi) is 2.43. The normalized spacial score (nSPS) is 19.4. The molecule has 0 spiro atoms. The second kappa shape index (κ2) is 3.97. The fraction of sp³-hybridized carbons (Fsp3) is 0.333. The molecule has 1 atom stereocenters. The molecule has 1 saturated heterocycles. The number of hydrogen-bond acceptors (Lipinski definition) is 3. The number of anilines is 1. The van der Waals surface area contributed by atoms with Crippen LogP contribution in [-0.4, -0.2) is 21.5 Å². The number of carbonyl (C=O) groups is 1. The van der Waals surface area contributed by atoms with Gasteiger partial charge >= 0.3 is 0 Å². The summed E-state index contributed by atoms with van der Waals surface area (Å²) < 4.78 is 15.0. The lowest BCUT2D eigenvalue weighted by Crippen LogP contribution is -2.29. The predicted octanol–water partition coefficient (Wildman–Crippen LogP) is 1.04. The summed E-state index contributed by atoms with van der Waals surface area (Å²) in [6, 6.07) is 4.41. The van der Waals surface area contributed by atoms with E-state index in [1.807, 2.05) is 0 Å². The molecule has 2 aromatic rings. The largest absolute Gasteiger partial charge is 0.369 e. The van der Waals surface area contributed by atoms with Crippen molar-refractivity contribution in [3.05, 3.63) is 24.0 Å². The Bertz CT molecular complexity index is 622. The predicted molar refractivity (Wildman–Crippen MR) is 65.3 cm³/mol. The number of benzene rings is 1. The molecule has 1 aromatic heterocycles. The van der Waals surface area contributed by atoms with E-state index in [0.717, 1.165) is 6.42 Å². The van der Waals surface area contributed by atoms with Crippen molar-refractivity contribution in [1.82, 2.24) is 14.9 Å². The van der Waals surface area contributed by atoms with Gasteiger partial charge in [0.2, 0.25) is 11.9 Å². The van der Waals surface area contributed by atoms with Crippen molar-refractivity contribution >= 4 is 22.9 Å². The first-order chi connectivity index (χ1) is 8.63. The average molecular weight is 248 g/mol. The van der Waals surface area contributed by atoms with Crippen molar-refractivity contribution in [3.8, 4) is 0 Å². The van der Waals surface area contributed by atoms with E-state index in [4.69, 9.17) is 5.73 Å². The first-order valence-electron chi connectivity index (χ1n) is 5.84. The highest BCUT2D eigenvalue weighted by Gasteiger charge is 2.22. The Hall–Kier alpha value is -2.11. The number of aromatic nitrogens is 2. The van der Waals surface area contributed by atoms with Crippen LogP contribution in [0.15, 0.2) is 18.2 Å². The number of rotatable bonds is 2. The van der Waals surface area contributed by atoms with E-state index in [1.54, 1.807) is 10.6 Å². The van der Waals surface area contributed by atoms with Gasteiger partial charge in [-0.2, -0.15) is 0 Å². The van der Waals surface area contributed by atoms with Crippen molar-refractivity contribution < 1.29 is 9.18 Å². The number of nitrogens with one attached hydrogen (secondary N) is 1. The highest BCUT2D eigenvalue weighted by atomic mass is 19.1. The van der Waals surface area contributed by atoms with Gasteiger partial charge in [-0.15, -0.1) is 0 Å². The monoisotopic (exact) mass is 248 g/mol. The van der Waals surface area contributed by atoms with Crippen molar-refractivity contribution in [2.24, 2.45) is 0 Å². The van der Waals surface area contributed by atoms with E-state index >= 15 is 0 Å². The summed E-state index contributed by atoms with van der Waals surface area (Å²) in [7, 11) is 0. The lowest BCUT2D eigenvalue weighted by molar-refractivity contribution is -0.119. The minimum absolute atomic E-state index is 0.0421. The van der Waals surface area contributed by atoms with Gasteiger partial charge in [0.1, 0.15) is 5.82 Å². The molecule has 3 N–H and O–H groups in total. The van der Waals surface area contributed by atoms with Crippen LogP contribution in [0.3, 0.4) is 0 Å². The standard InChI is InChI=1S/C12H13FN4O/c13-7-1-3-9-10(5-7)17(12(14)16-9)6-8-2-4-11(18)15-8/h1,3,5,8H,2,4,6H2,(H2,14,16)(H,15,18). The van der Waals surface area contributed by atoms with Crippen LogP contribution in [0.4, 0.5) is 10.3 Å². The van der Waals surface area contributed by atoms with E-state index in [9.17, 15) is 9.18 Å². The van der Waals surface area contributed by atoms with Crippen molar-refractivity contribution in [2.75, 3.05) is 5.73 Å². The molecule has 1 aliphatic heterocycles. The van der Waals surface area contributed by atoms with Crippen molar-refractivity contribution in [3.63, 3.8) is 0 Å². The lowest BCUT2D eigenvalue weighted by Gasteiger charge is -2.12. The van der Waals surface area contributed by atoms with E-state index in [-0.39, 0.29) is 17.8 Å². The van der Waals surface area contributed by atoms with Gasteiger partial charge in [-0.3, -0.25) is 4.79 Å². The summed E-state index contributed by atoms with van der Waals surface area (Å²) in [5, 5.41) is 2.86. The summed E-state index contributed by atoms with van der Waals surface area (Å²) in [6.07, 6.45) is 1.30. The van der Waals surface area contributed by atoms with Crippen LogP contribution in [0.2, 0.25) is 0 Å². The SMILES string of the molecule is Nc1nc2ccc(F)cc2n1CC1CCC(=O)N1. The van der Waals surface area contributed by atoms with Crippen molar-refractivity contribution in [1.29, 1.82) is 0 Å². The lowest BCUT2D eigenvalue weighted by atomic mass is 10.2. The Balaban J connectivity index is 1.97. The zero-order valence-corrected chi connectivity index (χ0v) is 9.69. The van der Waals surface area contributed by atoms with Crippen LogP contribution in [0.1, 0.15) is 12.8 Å². The molecule has 1 aromatic carbocycles. The molecule has 1 amide bonds. The smallest absolute Gasteiger partial charge is 0.220 e. The Morgan fingerprint density at radius 1 is 1.56 bits per heavy atom. The number of nitrogens with two attached hydrogens (primary N) is 1. The summed E-state index contributed by atoms with van der Waals surface area (Å²) >= 11 is 0. The van der Waals surface area contributed by atoms with Gasteiger partial charge in [-0.1, -0.05) is 0 Å². The summed E-state index contributed by atoms with van der Waals surface area (Å²) in [6.45, 7) is 0.525.